The van der Waals surface area contributed by atoms with E-state index in [1.165, 1.54) is 37.9 Å². The molecule has 4 aromatic carbocycles. The fraction of sp³-hybridized carbons (Fsp3) is 0.165. The molecule has 24 aromatic rings. The molecular weight excluding hydrogens is 1880 g/mol. The van der Waals surface area contributed by atoms with Crippen molar-refractivity contribution in [1.29, 1.82) is 0 Å². The minimum atomic E-state index is -0.0882. The van der Waals surface area contributed by atoms with E-state index in [9.17, 15) is 14.4 Å². The molecule has 35 heteroatoms. The van der Waals surface area contributed by atoms with Gasteiger partial charge >= 0.3 is 0 Å². The van der Waals surface area contributed by atoms with Crippen molar-refractivity contribution in [2.75, 3.05) is 29.0 Å². The Bertz CT molecular complexity index is 8770. The van der Waals surface area contributed by atoms with Crippen molar-refractivity contribution in [2.24, 2.45) is 5.41 Å². The molecular formula is C109H94N28O3S4. The molecule has 0 atom stereocenters. The second-order valence-electron chi connectivity index (χ2n) is 36.5. The van der Waals surface area contributed by atoms with Crippen LogP contribution in [0.1, 0.15) is 98.0 Å². The van der Waals surface area contributed by atoms with Crippen molar-refractivity contribution in [1.82, 2.24) is 125 Å². The minimum Gasteiger partial charge on any atom is -0.335 e. The van der Waals surface area contributed by atoms with E-state index in [0.29, 0.717) is 53.8 Å². The van der Waals surface area contributed by atoms with Crippen molar-refractivity contribution in [3.8, 4) is 132 Å². The van der Waals surface area contributed by atoms with E-state index in [0.717, 1.165) is 228 Å². The normalized spacial score (nSPS) is 12.3. The van der Waals surface area contributed by atoms with Crippen molar-refractivity contribution in [3.63, 3.8) is 0 Å². The van der Waals surface area contributed by atoms with Crippen molar-refractivity contribution < 1.29 is 14.4 Å². The van der Waals surface area contributed by atoms with Crippen LogP contribution in [-0.4, -0.2) is 156 Å². The Morgan fingerprint density at radius 1 is 0.333 bits per heavy atom. The number of hydrogen-bond donors (Lipinski definition) is 11. The van der Waals surface area contributed by atoms with E-state index in [1.807, 2.05) is 166 Å². The molecule has 31 nitrogen and oxygen atoms in total. The first kappa shape index (κ1) is 92.1. The summed E-state index contributed by atoms with van der Waals surface area (Å²) in [6.45, 7) is 13.5. The molecule has 712 valence electrons. The molecule has 1 fully saturated rings. The van der Waals surface area contributed by atoms with Crippen LogP contribution in [0, 0.1) is 5.41 Å². The number of nitrogens with zero attached hydrogens (tertiary/aromatic N) is 17. The number of anilines is 3. The van der Waals surface area contributed by atoms with Crippen LogP contribution in [0.4, 0.5) is 17.1 Å². The number of hydrogen-bond acceptors (Lipinski definition) is 24. The molecule has 0 radical (unpaired) electrons. The zero-order valence-electron chi connectivity index (χ0n) is 78.8. The fourth-order valence-electron chi connectivity index (χ4n) is 17.9. The summed E-state index contributed by atoms with van der Waals surface area (Å²) < 4.78 is 0. The summed E-state index contributed by atoms with van der Waals surface area (Å²) in [4.78, 5) is 112. The number of imidazole rings is 4. The number of thiophene rings is 4. The fourth-order valence-corrected chi connectivity index (χ4v) is 20.9. The van der Waals surface area contributed by atoms with Gasteiger partial charge < -0.3 is 35.9 Å². The number of likely N-dealkylation sites (tertiary alicyclic amines) is 1. The van der Waals surface area contributed by atoms with E-state index in [2.05, 4.69) is 200 Å². The third kappa shape index (κ3) is 19.9. The Morgan fingerprint density at radius 2 is 0.653 bits per heavy atom. The molecule has 11 N–H and O–H groups in total. The lowest BCUT2D eigenvalue weighted by Crippen LogP contribution is -2.29. The lowest BCUT2D eigenvalue weighted by atomic mass is 9.92. The van der Waals surface area contributed by atoms with Gasteiger partial charge in [0.1, 0.15) is 44.8 Å². The zero-order valence-corrected chi connectivity index (χ0v) is 82.1. The molecule has 0 unspecified atom stereocenters. The highest BCUT2D eigenvalue weighted by Crippen LogP contribution is 2.42. The second kappa shape index (κ2) is 40.7. The van der Waals surface area contributed by atoms with Crippen LogP contribution in [0.15, 0.2) is 266 Å². The monoisotopic (exact) mass is 1970 g/mol. The number of aromatic amines is 8. The lowest BCUT2D eigenvalue weighted by Gasteiger charge is -2.26. The van der Waals surface area contributed by atoms with Crippen molar-refractivity contribution in [3.05, 3.63) is 272 Å². The highest BCUT2D eigenvalue weighted by molar-refractivity contribution is 7.14. The Balaban J connectivity index is 0.000000110. The number of aromatic nitrogens is 24. The van der Waals surface area contributed by atoms with Crippen molar-refractivity contribution in [2.45, 2.75) is 99.0 Å². The molecule has 25 rings (SSSR count). The maximum absolute atomic E-state index is 12.4. The molecule has 0 spiro atoms. The standard InChI is InChI=1S/C28H25N7OS.C28H25N7S.C27H23N7OS.C26H21N7OS/c1-28(2,3)11-24(36)31-18-9-17(12-29-13-18)16-6-7-21-19(10-16)26(35-34-21)27-32-22-15-30-14-20(25(22)33-27)23-5-4-8-37-23;1-2-8-35(9-3-1)17-18-11-20(14-29-13-18)19-6-7-23-21(12-19)27(34-33-23)28-31-24-16-30-15-22(26(24)32-28)25-5-4-10-36-25;1-2-3-6-24(35)30-18-10-17(12-28-13-18)16-7-8-21-19(11-16)26(34-33-21)27-31-22-15-29-14-20(25(22)32-27)23-5-4-9-36-23;1-2-4-23(34)29-17-9-16(11-27-12-17)15-6-7-20-18(10-15)25(33-32-20)26-30-21-14-28-13-19(24(21)31-26)22-5-3-8-35-22/h4-10,12-15H,11H2,1-3H3,(H,31,36)(H,32,33)(H,34,35);4-7,10-16H,1-3,8-9,17H2,(H,31,32)(H,33,34);4-5,7-15H,2-3,6H2,1H3,(H,30,35)(H,31,32)(H,33,34);3,5-14H,2,4H2,1H3,(H,29,34)(H,30,31)(H,32,33). The summed E-state index contributed by atoms with van der Waals surface area (Å²) in [6, 6.07) is 49.1. The van der Waals surface area contributed by atoms with Gasteiger partial charge in [0, 0.05) is 167 Å². The maximum atomic E-state index is 12.4. The smallest absolute Gasteiger partial charge is 0.224 e. The largest absolute Gasteiger partial charge is 0.335 e. The van der Waals surface area contributed by atoms with Crippen LogP contribution >= 0.6 is 45.3 Å². The van der Waals surface area contributed by atoms with Gasteiger partial charge in [0.15, 0.2) is 23.3 Å². The maximum Gasteiger partial charge on any atom is 0.224 e. The van der Waals surface area contributed by atoms with Crippen LogP contribution in [0.5, 0.6) is 0 Å². The summed E-state index contributed by atoms with van der Waals surface area (Å²) >= 11 is 6.67. The first-order valence-electron chi connectivity index (χ1n) is 47.4. The van der Waals surface area contributed by atoms with Gasteiger partial charge in [-0.3, -0.25) is 79.6 Å². The number of carbonyl (C=O) groups excluding carboxylic acids is 3. The first-order valence-corrected chi connectivity index (χ1v) is 50.9. The van der Waals surface area contributed by atoms with Crippen LogP contribution in [0.25, 0.3) is 220 Å². The predicted octanol–water partition coefficient (Wildman–Crippen LogP) is 25.4. The number of amides is 3. The Kier molecular flexibility index (Phi) is 26.0. The van der Waals surface area contributed by atoms with E-state index >= 15 is 0 Å². The van der Waals surface area contributed by atoms with Crippen LogP contribution in [-0.2, 0) is 20.9 Å². The molecule has 1 aliphatic rings. The van der Waals surface area contributed by atoms with E-state index in [1.54, 1.807) is 101 Å². The highest BCUT2D eigenvalue weighted by Gasteiger charge is 2.26. The van der Waals surface area contributed by atoms with Crippen LogP contribution in [0.2, 0.25) is 0 Å². The summed E-state index contributed by atoms with van der Waals surface area (Å²) in [7, 11) is 0. The quantitative estimate of drug-likeness (QED) is 0.0283. The number of pyridine rings is 8. The molecule has 144 heavy (non-hydrogen) atoms. The van der Waals surface area contributed by atoms with Gasteiger partial charge in [0.25, 0.3) is 0 Å². The number of fused-ring (bicyclic) bond motifs is 8. The summed E-state index contributed by atoms with van der Waals surface area (Å²) in [5.74, 6) is 2.72. The van der Waals surface area contributed by atoms with Crippen LogP contribution < -0.4 is 16.0 Å². The molecule has 3 amide bonds. The number of carbonyl (C=O) groups is 3. The minimum absolute atomic E-state index is 0.00432. The van der Waals surface area contributed by atoms with Crippen LogP contribution in [0.3, 0.4) is 0 Å². The molecule has 1 saturated heterocycles. The zero-order chi connectivity index (χ0) is 97.7. The topological polar surface area (TPSA) is 423 Å². The van der Waals surface area contributed by atoms with Gasteiger partial charge in [-0.1, -0.05) is 96.0 Å². The summed E-state index contributed by atoms with van der Waals surface area (Å²) in [5, 5.41) is 51.7. The van der Waals surface area contributed by atoms with Gasteiger partial charge in [-0.15, -0.1) is 45.3 Å². The number of rotatable bonds is 23. The molecule has 0 saturated carbocycles. The third-order valence-electron chi connectivity index (χ3n) is 24.8. The van der Waals surface area contributed by atoms with Gasteiger partial charge in [-0.2, -0.15) is 20.4 Å². The Morgan fingerprint density at radius 3 is 0.972 bits per heavy atom. The van der Waals surface area contributed by atoms with E-state index in [4.69, 9.17) is 19.9 Å². The number of unbranched alkanes of at least 4 members (excludes halogenated alkanes) is 1. The molecule has 0 bridgehead atoms. The molecule has 20 aromatic heterocycles. The number of piperidine rings is 1. The van der Waals surface area contributed by atoms with Gasteiger partial charge in [0.05, 0.1) is 105 Å². The van der Waals surface area contributed by atoms with Crippen molar-refractivity contribution >= 4 is 168 Å². The van der Waals surface area contributed by atoms with Gasteiger partial charge in [-0.25, -0.2) is 19.9 Å². The SMILES string of the molecule is CC(C)(C)CC(=O)Nc1cncc(-c2ccc3[nH]nc(-c4nc5c(-c6cccs6)cncc5[nH]4)c3c2)c1.CCCC(=O)Nc1cncc(-c2ccc3[nH]nc(-c4nc5c(-c6cccs6)cncc5[nH]4)c3c2)c1.CCCCC(=O)Nc1cncc(-c2ccc3[nH]nc(-c4nc5c(-c6cccs6)cncc5[nH]4)c3c2)c1.c1csc(-c2cncc3[nH]c(-c4n[nH]c5ccc(-c6cncc(CN7CCCCC7)c6)cc45)nc23)c1. The Labute approximate surface area is 839 Å². The summed E-state index contributed by atoms with van der Waals surface area (Å²) in [5.41, 5.74) is 28.7. The number of H-pyrrole nitrogens is 8. The van der Waals surface area contributed by atoms with Gasteiger partial charge in [0.2, 0.25) is 17.7 Å². The lowest BCUT2D eigenvalue weighted by molar-refractivity contribution is -0.118. The van der Waals surface area contributed by atoms with E-state index < -0.39 is 0 Å². The molecule has 21 heterocycles. The van der Waals surface area contributed by atoms with E-state index in [-0.39, 0.29) is 23.1 Å². The molecule has 0 aliphatic carbocycles. The highest BCUT2D eigenvalue weighted by atomic mass is 32.1. The average molecular weight is 1970 g/mol. The predicted molar refractivity (Wildman–Crippen MR) is 576 cm³/mol. The first-order chi connectivity index (χ1) is 70.5. The second-order valence-corrected chi connectivity index (χ2v) is 40.2. The van der Waals surface area contributed by atoms with Gasteiger partial charge in [-0.05, 0) is 191 Å². The third-order valence-corrected chi connectivity index (χ3v) is 28.5. The molecule has 1 aliphatic heterocycles. The average Bonchev–Trinajstić information content (AvgIpc) is 1.62. The number of nitrogens with one attached hydrogen (secondary N) is 11. The Hall–Kier alpha value is -17.0. The summed E-state index contributed by atoms with van der Waals surface area (Å²) in [6.07, 6.45) is 36.9. The number of benzene rings is 4.